The number of aromatic amines is 2. The summed E-state index contributed by atoms with van der Waals surface area (Å²) < 4.78 is 14.1. The SMILES string of the molecule is Nc1n[nH]c(-c2cc[nH]c(=O)c2)c1-c1c(F)cccc1Cl. The molecule has 0 fully saturated rings. The van der Waals surface area contributed by atoms with Gasteiger partial charge in [-0.3, -0.25) is 9.89 Å². The van der Waals surface area contributed by atoms with E-state index in [2.05, 4.69) is 15.2 Å². The molecule has 5 nitrogen and oxygen atoms in total. The van der Waals surface area contributed by atoms with Crippen molar-refractivity contribution in [1.29, 1.82) is 0 Å². The molecule has 21 heavy (non-hydrogen) atoms. The first-order chi connectivity index (χ1) is 10.1. The molecular weight excluding hydrogens is 295 g/mol. The van der Waals surface area contributed by atoms with Gasteiger partial charge in [0.1, 0.15) is 5.82 Å². The normalized spacial score (nSPS) is 10.8. The van der Waals surface area contributed by atoms with E-state index in [4.69, 9.17) is 17.3 Å². The molecule has 0 aliphatic carbocycles. The number of benzene rings is 1. The molecule has 0 radical (unpaired) electrons. The maximum Gasteiger partial charge on any atom is 0.248 e. The Morgan fingerprint density at radius 2 is 2.05 bits per heavy atom. The highest BCUT2D eigenvalue weighted by atomic mass is 35.5. The van der Waals surface area contributed by atoms with Gasteiger partial charge in [0.2, 0.25) is 5.56 Å². The molecule has 0 amide bonds. The van der Waals surface area contributed by atoms with Crippen molar-refractivity contribution in [3.05, 3.63) is 57.7 Å². The second-order valence-electron chi connectivity index (χ2n) is 4.40. The number of H-pyrrole nitrogens is 2. The van der Waals surface area contributed by atoms with Crippen LogP contribution in [0.5, 0.6) is 0 Å². The topological polar surface area (TPSA) is 87.6 Å². The lowest BCUT2D eigenvalue weighted by Crippen LogP contribution is -2.02. The summed E-state index contributed by atoms with van der Waals surface area (Å²) in [5.74, 6) is -0.404. The summed E-state index contributed by atoms with van der Waals surface area (Å²) in [5.41, 5.74) is 7.01. The van der Waals surface area contributed by atoms with Gasteiger partial charge in [-0.2, -0.15) is 5.10 Å². The largest absolute Gasteiger partial charge is 0.382 e. The zero-order valence-corrected chi connectivity index (χ0v) is 11.4. The van der Waals surface area contributed by atoms with Crippen molar-refractivity contribution in [2.75, 3.05) is 5.73 Å². The summed E-state index contributed by atoms with van der Waals surface area (Å²) in [6.07, 6.45) is 1.49. The van der Waals surface area contributed by atoms with Gasteiger partial charge in [0.15, 0.2) is 5.82 Å². The molecule has 0 spiro atoms. The van der Waals surface area contributed by atoms with Crippen molar-refractivity contribution in [3.8, 4) is 22.4 Å². The molecule has 106 valence electrons. The van der Waals surface area contributed by atoms with Crippen molar-refractivity contribution in [1.82, 2.24) is 15.2 Å². The zero-order valence-electron chi connectivity index (χ0n) is 10.7. The number of rotatable bonds is 2. The quantitative estimate of drug-likeness (QED) is 0.680. The molecule has 0 unspecified atom stereocenters. The lowest BCUT2D eigenvalue weighted by molar-refractivity contribution is 0.631. The number of nitrogens with one attached hydrogen (secondary N) is 2. The number of nitrogen functional groups attached to an aromatic ring is 1. The fraction of sp³-hybridized carbons (Fsp3) is 0. The molecule has 7 heteroatoms. The monoisotopic (exact) mass is 304 g/mol. The van der Waals surface area contributed by atoms with Crippen LogP contribution >= 0.6 is 11.6 Å². The van der Waals surface area contributed by atoms with Crippen LogP contribution in [-0.2, 0) is 0 Å². The van der Waals surface area contributed by atoms with Gasteiger partial charge in [-0.05, 0) is 18.2 Å². The Bertz CT molecular complexity index is 851. The van der Waals surface area contributed by atoms with E-state index in [1.54, 1.807) is 12.1 Å². The van der Waals surface area contributed by atoms with E-state index in [1.165, 1.54) is 24.4 Å². The summed E-state index contributed by atoms with van der Waals surface area (Å²) >= 11 is 6.08. The van der Waals surface area contributed by atoms with Crippen molar-refractivity contribution >= 4 is 17.4 Å². The molecule has 2 heterocycles. The number of halogens is 2. The number of pyridine rings is 1. The smallest absolute Gasteiger partial charge is 0.248 e. The van der Waals surface area contributed by atoms with E-state index in [0.717, 1.165) is 0 Å². The second kappa shape index (κ2) is 5.06. The van der Waals surface area contributed by atoms with Gasteiger partial charge in [-0.1, -0.05) is 17.7 Å². The van der Waals surface area contributed by atoms with Crippen LogP contribution in [0.3, 0.4) is 0 Å². The third-order valence-corrected chi connectivity index (χ3v) is 3.39. The fourth-order valence-corrected chi connectivity index (χ4v) is 2.41. The average Bonchev–Trinajstić information content (AvgIpc) is 2.81. The number of hydrogen-bond acceptors (Lipinski definition) is 3. The van der Waals surface area contributed by atoms with E-state index in [-0.39, 0.29) is 22.0 Å². The molecule has 0 aliphatic rings. The van der Waals surface area contributed by atoms with Gasteiger partial charge >= 0.3 is 0 Å². The van der Waals surface area contributed by atoms with Crippen LogP contribution in [-0.4, -0.2) is 15.2 Å². The summed E-state index contributed by atoms with van der Waals surface area (Å²) in [6, 6.07) is 7.38. The Morgan fingerprint density at radius 3 is 2.76 bits per heavy atom. The molecule has 3 rings (SSSR count). The molecule has 3 aromatic rings. The van der Waals surface area contributed by atoms with Crippen LogP contribution in [0.2, 0.25) is 5.02 Å². The first kappa shape index (κ1) is 13.4. The van der Waals surface area contributed by atoms with Crippen molar-refractivity contribution in [2.45, 2.75) is 0 Å². The summed E-state index contributed by atoms with van der Waals surface area (Å²) in [6.45, 7) is 0. The standard InChI is InChI=1S/C14H10ClFN4O/c15-8-2-1-3-9(16)11(8)12-13(19-20-14(12)17)7-4-5-18-10(21)6-7/h1-6H,(H,18,21)(H3,17,19,20). The first-order valence-electron chi connectivity index (χ1n) is 6.05. The molecule has 2 aromatic heterocycles. The van der Waals surface area contributed by atoms with Crippen molar-refractivity contribution in [3.63, 3.8) is 0 Å². The van der Waals surface area contributed by atoms with Crippen LogP contribution in [0.1, 0.15) is 0 Å². The summed E-state index contributed by atoms with van der Waals surface area (Å²) in [5, 5.41) is 6.83. The molecule has 0 saturated carbocycles. The Balaban J connectivity index is 2.30. The number of nitrogens with two attached hydrogens (primary N) is 1. The highest BCUT2D eigenvalue weighted by molar-refractivity contribution is 6.33. The maximum absolute atomic E-state index is 14.1. The van der Waals surface area contributed by atoms with Gasteiger partial charge in [0.05, 0.1) is 16.3 Å². The minimum atomic E-state index is -0.512. The van der Waals surface area contributed by atoms with Crippen LogP contribution in [0.4, 0.5) is 10.2 Å². The maximum atomic E-state index is 14.1. The minimum absolute atomic E-state index is 0.109. The third-order valence-electron chi connectivity index (χ3n) is 3.07. The fourth-order valence-electron chi connectivity index (χ4n) is 2.15. The lowest BCUT2D eigenvalue weighted by Gasteiger charge is -2.07. The highest BCUT2D eigenvalue weighted by Gasteiger charge is 2.20. The van der Waals surface area contributed by atoms with E-state index in [0.29, 0.717) is 16.8 Å². The van der Waals surface area contributed by atoms with Crippen molar-refractivity contribution in [2.24, 2.45) is 0 Å². The minimum Gasteiger partial charge on any atom is -0.382 e. The predicted molar refractivity (Wildman–Crippen MR) is 79.5 cm³/mol. The first-order valence-corrected chi connectivity index (χ1v) is 6.43. The van der Waals surface area contributed by atoms with E-state index in [1.807, 2.05) is 0 Å². The summed E-state index contributed by atoms with van der Waals surface area (Å²) in [4.78, 5) is 13.9. The molecule has 0 saturated heterocycles. The van der Waals surface area contributed by atoms with E-state index >= 15 is 0 Å². The predicted octanol–water partition coefficient (Wildman–Crippen LogP) is 2.81. The molecular formula is C14H10ClFN4O. The van der Waals surface area contributed by atoms with Crippen LogP contribution in [0.15, 0.2) is 41.3 Å². The number of anilines is 1. The van der Waals surface area contributed by atoms with E-state index in [9.17, 15) is 9.18 Å². The Hall–Kier alpha value is -2.60. The molecule has 4 N–H and O–H groups in total. The van der Waals surface area contributed by atoms with Crippen LogP contribution in [0, 0.1) is 5.82 Å². The highest BCUT2D eigenvalue weighted by Crippen LogP contribution is 2.39. The molecule has 0 bridgehead atoms. The molecule has 1 aromatic carbocycles. The van der Waals surface area contributed by atoms with E-state index < -0.39 is 5.82 Å². The Kier molecular flexibility index (Phi) is 3.23. The number of hydrogen-bond donors (Lipinski definition) is 3. The third kappa shape index (κ3) is 2.30. The molecule has 0 aliphatic heterocycles. The van der Waals surface area contributed by atoms with Crippen molar-refractivity contribution < 1.29 is 4.39 Å². The van der Waals surface area contributed by atoms with Gasteiger partial charge in [0, 0.05) is 23.4 Å². The van der Waals surface area contributed by atoms with Gasteiger partial charge in [-0.15, -0.1) is 0 Å². The second-order valence-corrected chi connectivity index (χ2v) is 4.80. The van der Waals surface area contributed by atoms with Crippen LogP contribution in [0.25, 0.3) is 22.4 Å². The zero-order chi connectivity index (χ0) is 15.0. The van der Waals surface area contributed by atoms with Gasteiger partial charge < -0.3 is 10.7 Å². The Morgan fingerprint density at radius 1 is 1.24 bits per heavy atom. The Labute approximate surface area is 123 Å². The lowest BCUT2D eigenvalue weighted by atomic mass is 10.0. The van der Waals surface area contributed by atoms with Gasteiger partial charge in [-0.25, -0.2) is 4.39 Å². The van der Waals surface area contributed by atoms with Crippen LogP contribution < -0.4 is 11.3 Å². The number of nitrogens with zero attached hydrogens (tertiary/aromatic N) is 1. The molecule has 0 atom stereocenters. The number of aromatic nitrogens is 3. The van der Waals surface area contributed by atoms with Gasteiger partial charge in [0.25, 0.3) is 0 Å². The summed E-state index contributed by atoms with van der Waals surface area (Å²) in [7, 11) is 0. The average molecular weight is 305 g/mol.